The number of likely N-dealkylation sites (tertiary alicyclic amines) is 1. The monoisotopic (exact) mass is 328 g/mol. The molecule has 0 aromatic carbocycles. The predicted molar refractivity (Wildman–Crippen MR) is 92.8 cm³/mol. The molecular weight excluding hydrogens is 300 g/mol. The highest BCUT2D eigenvalue weighted by atomic mass is 15.3. The molecule has 24 heavy (non-hydrogen) atoms. The number of hydrogen-bond donors (Lipinski definition) is 0. The number of piperidine rings is 1. The molecule has 0 unspecified atom stereocenters. The van der Waals surface area contributed by atoms with Crippen LogP contribution in [0.15, 0.2) is 18.5 Å². The molecule has 1 aliphatic carbocycles. The van der Waals surface area contributed by atoms with Crippen molar-refractivity contribution in [1.82, 2.24) is 29.4 Å². The molecule has 4 rings (SSSR count). The molecule has 2 fully saturated rings. The quantitative estimate of drug-likeness (QED) is 0.847. The zero-order chi connectivity index (χ0) is 16.4. The van der Waals surface area contributed by atoms with Gasteiger partial charge in [0.15, 0.2) is 5.82 Å². The van der Waals surface area contributed by atoms with E-state index in [9.17, 15) is 0 Å². The highest BCUT2D eigenvalue weighted by Gasteiger charge is 2.30. The first kappa shape index (κ1) is 15.8. The third-order valence-corrected chi connectivity index (χ3v) is 5.77. The van der Waals surface area contributed by atoms with E-state index in [1.54, 1.807) is 0 Å². The lowest BCUT2D eigenvalue weighted by Gasteiger charge is -2.35. The van der Waals surface area contributed by atoms with E-state index in [1.807, 2.05) is 23.1 Å². The van der Waals surface area contributed by atoms with Crippen LogP contribution in [0.25, 0.3) is 0 Å². The first-order valence-corrected chi connectivity index (χ1v) is 9.48. The van der Waals surface area contributed by atoms with Gasteiger partial charge in [-0.1, -0.05) is 12.8 Å². The molecule has 2 aliphatic rings. The topological polar surface area (TPSA) is 51.8 Å². The normalized spacial score (nSPS) is 20.9. The van der Waals surface area contributed by atoms with Gasteiger partial charge in [0, 0.05) is 30.9 Å². The van der Waals surface area contributed by atoms with E-state index in [4.69, 9.17) is 0 Å². The second-order valence-electron chi connectivity index (χ2n) is 7.17. The van der Waals surface area contributed by atoms with E-state index in [-0.39, 0.29) is 0 Å². The molecule has 1 saturated heterocycles. The van der Waals surface area contributed by atoms with Gasteiger partial charge < -0.3 is 9.47 Å². The van der Waals surface area contributed by atoms with Crippen LogP contribution in [0.2, 0.25) is 0 Å². The van der Waals surface area contributed by atoms with Gasteiger partial charge in [0.05, 0.1) is 0 Å². The maximum atomic E-state index is 4.57. The van der Waals surface area contributed by atoms with Crippen molar-refractivity contribution < 1.29 is 0 Å². The molecule has 0 radical (unpaired) electrons. The number of rotatable bonds is 5. The van der Waals surface area contributed by atoms with Crippen molar-refractivity contribution in [3.05, 3.63) is 30.1 Å². The summed E-state index contributed by atoms with van der Waals surface area (Å²) in [6.45, 7) is 6.27. The van der Waals surface area contributed by atoms with Crippen LogP contribution in [0.3, 0.4) is 0 Å². The summed E-state index contributed by atoms with van der Waals surface area (Å²) in [5.74, 6) is 2.77. The second-order valence-corrected chi connectivity index (χ2v) is 7.17. The van der Waals surface area contributed by atoms with Crippen molar-refractivity contribution in [3.8, 4) is 0 Å². The Hall–Kier alpha value is -1.69. The van der Waals surface area contributed by atoms with Gasteiger partial charge in [0.25, 0.3) is 0 Å². The van der Waals surface area contributed by atoms with Crippen molar-refractivity contribution in [2.45, 2.75) is 70.5 Å². The number of nitrogens with zero attached hydrogens (tertiary/aromatic N) is 6. The maximum Gasteiger partial charge on any atom is 0.154 e. The largest absolute Gasteiger partial charge is 0.313 e. The van der Waals surface area contributed by atoms with Crippen molar-refractivity contribution in [3.63, 3.8) is 0 Å². The minimum Gasteiger partial charge on any atom is -0.313 e. The van der Waals surface area contributed by atoms with Gasteiger partial charge in [-0.2, -0.15) is 5.10 Å². The molecule has 1 saturated carbocycles. The fourth-order valence-electron chi connectivity index (χ4n) is 4.44. The molecule has 0 atom stereocenters. The summed E-state index contributed by atoms with van der Waals surface area (Å²) in [7, 11) is 0. The summed E-state index contributed by atoms with van der Waals surface area (Å²) in [6.07, 6.45) is 11.9. The zero-order valence-corrected chi connectivity index (χ0v) is 14.6. The fourth-order valence-corrected chi connectivity index (χ4v) is 4.44. The van der Waals surface area contributed by atoms with E-state index in [0.717, 1.165) is 18.4 Å². The Morgan fingerprint density at radius 3 is 2.54 bits per heavy atom. The smallest absolute Gasteiger partial charge is 0.154 e. The molecular formula is C18H28N6. The lowest BCUT2D eigenvalue weighted by molar-refractivity contribution is 0.151. The first-order valence-electron chi connectivity index (χ1n) is 9.48. The van der Waals surface area contributed by atoms with E-state index >= 15 is 0 Å². The molecule has 3 heterocycles. The van der Waals surface area contributed by atoms with Crippen LogP contribution in [-0.4, -0.2) is 48.6 Å². The zero-order valence-electron chi connectivity index (χ0n) is 14.6. The van der Waals surface area contributed by atoms with Crippen LogP contribution in [0.4, 0.5) is 0 Å². The highest BCUT2D eigenvalue weighted by Crippen LogP contribution is 2.32. The van der Waals surface area contributed by atoms with Gasteiger partial charge in [-0.15, -0.1) is 10.2 Å². The molecule has 1 aliphatic heterocycles. The van der Waals surface area contributed by atoms with Gasteiger partial charge in [-0.3, -0.25) is 4.68 Å². The van der Waals surface area contributed by atoms with Crippen molar-refractivity contribution in [2.24, 2.45) is 0 Å². The molecule has 6 nitrogen and oxygen atoms in total. The molecule has 130 valence electrons. The summed E-state index contributed by atoms with van der Waals surface area (Å²) in [5.41, 5.74) is 0. The standard InChI is InChI=1S/C18H28N6/c1-2-24-17(14-23-11-5-10-19-23)20-21-18(24)15-8-12-22(13-9-15)16-6-3-4-7-16/h5,10-11,15-16H,2-4,6-9,12-14H2,1H3. The average molecular weight is 328 g/mol. The Bertz CT molecular complexity index is 633. The molecule has 0 amide bonds. The lowest BCUT2D eigenvalue weighted by atomic mass is 9.94. The Balaban J connectivity index is 1.43. The minimum atomic E-state index is 0.557. The minimum absolute atomic E-state index is 0.557. The van der Waals surface area contributed by atoms with Crippen LogP contribution in [-0.2, 0) is 13.1 Å². The molecule has 6 heteroatoms. The molecule has 0 spiro atoms. The molecule has 2 aromatic heterocycles. The highest BCUT2D eigenvalue weighted by molar-refractivity contribution is 5.05. The van der Waals surface area contributed by atoms with Crippen LogP contribution in [0.1, 0.15) is 63.0 Å². The summed E-state index contributed by atoms with van der Waals surface area (Å²) in [4.78, 5) is 2.72. The Morgan fingerprint density at radius 2 is 1.88 bits per heavy atom. The van der Waals surface area contributed by atoms with Gasteiger partial charge in [-0.25, -0.2) is 0 Å². The van der Waals surface area contributed by atoms with E-state index < -0.39 is 0 Å². The van der Waals surface area contributed by atoms with E-state index in [1.165, 1.54) is 57.4 Å². The van der Waals surface area contributed by atoms with Crippen molar-refractivity contribution in [1.29, 1.82) is 0 Å². The van der Waals surface area contributed by atoms with Gasteiger partial charge >= 0.3 is 0 Å². The van der Waals surface area contributed by atoms with Crippen LogP contribution in [0.5, 0.6) is 0 Å². The lowest BCUT2D eigenvalue weighted by Crippen LogP contribution is -2.40. The fraction of sp³-hybridized carbons (Fsp3) is 0.722. The van der Waals surface area contributed by atoms with Crippen LogP contribution >= 0.6 is 0 Å². The Morgan fingerprint density at radius 1 is 1.08 bits per heavy atom. The summed E-state index contributed by atoms with van der Waals surface area (Å²) in [6, 6.07) is 2.80. The average Bonchev–Trinajstić information content (AvgIpc) is 3.37. The van der Waals surface area contributed by atoms with Crippen LogP contribution < -0.4 is 0 Å². The molecule has 2 aromatic rings. The molecule has 0 bridgehead atoms. The van der Waals surface area contributed by atoms with Crippen molar-refractivity contribution >= 4 is 0 Å². The summed E-state index contributed by atoms with van der Waals surface area (Å²) < 4.78 is 4.22. The van der Waals surface area contributed by atoms with E-state index in [2.05, 4.69) is 31.7 Å². The summed E-state index contributed by atoms with van der Waals surface area (Å²) in [5, 5.41) is 13.3. The van der Waals surface area contributed by atoms with Crippen molar-refractivity contribution in [2.75, 3.05) is 13.1 Å². The van der Waals surface area contributed by atoms with Gasteiger partial charge in [0.1, 0.15) is 12.4 Å². The number of aromatic nitrogens is 5. The van der Waals surface area contributed by atoms with Gasteiger partial charge in [0.2, 0.25) is 0 Å². The SMILES string of the molecule is CCn1c(Cn2cccn2)nnc1C1CCN(C2CCCC2)CC1. The van der Waals surface area contributed by atoms with Gasteiger partial charge in [-0.05, 0) is 51.8 Å². The second kappa shape index (κ2) is 7.05. The first-order chi connectivity index (χ1) is 11.8. The van der Waals surface area contributed by atoms with E-state index in [0.29, 0.717) is 12.5 Å². The summed E-state index contributed by atoms with van der Waals surface area (Å²) >= 11 is 0. The number of hydrogen-bond acceptors (Lipinski definition) is 4. The predicted octanol–water partition coefficient (Wildman–Crippen LogP) is 2.66. The Kier molecular flexibility index (Phi) is 4.65. The third kappa shape index (κ3) is 3.11. The van der Waals surface area contributed by atoms with Crippen LogP contribution in [0, 0.1) is 0 Å². The third-order valence-electron chi connectivity index (χ3n) is 5.77. The molecule has 0 N–H and O–H groups in total. The maximum absolute atomic E-state index is 4.57. The Labute approximate surface area is 143 Å².